The molecular formula is C26H53N5OS. The van der Waals surface area contributed by atoms with Gasteiger partial charge in [-0.15, -0.1) is 0 Å². The lowest BCUT2D eigenvalue weighted by Crippen LogP contribution is -2.17. The van der Waals surface area contributed by atoms with Gasteiger partial charge in [-0.05, 0) is 38.5 Å². The largest absolute Gasteiger partial charge is 0.396 e. The molecular weight excluding hydrogens is 430 g/mol. The minimum Gasteiger partial charge on any atom is -0.396 e. The number of rotatable bonds is 8. The number of aliphatic hydroxyl groups excluding tert-OH is 1. The number of aliphatic hydroxyl groups is 1. The van der Waals surface area contributed by atoms with Crippen LogP contribution in [-0.2, 0) is 0 Å². The van der Waals surface area contributed by atoms with Gasteiger partial charge in [0.1, 0.15) is 5.69 Å². The molecule has 6 N–H and O–H groups in total. The van der Waals surface area contributed by atoms with Crippen LogP contribution in [0.5, 0.6) is 0 Å². The zero-order valence-electron chi connectivity index (χ0n) is 23.0. The molecule has 1 heterocycles. The van der Waals surface area contributed by atoms with Crippen LogP contribution in [0, 0.1) is 5.92 Å². The van der Waals surface area contributed by atoms with Gasteiger partial charge < -0.3 is 21.9 Å². The van der Waals surface area contributed by atoms with Crippen molar-refractivity contribution in [3.8, 4) is 0 Å². The second kappa shape index (κ2) is 24.9. The van der Waals surface area contributed by atoms with Gasteiger partial charge in [-0.2, -0.15) is 0 Å². The number of hydrogen-bond acceptors (Lipinski definition) is 7. The second-order valence-corrected chi connectivity index (χ2v) is 7.92. The van der Waals surface area contributed by atoms with Crippen molar-refractivity contribution in [2.45, 2.75) is 106 Å². The van der Waals surface area contributed by atoms with Gasteiger partial charge in [0.15, 0.2) is 16.8 Å². The zero-order valence-corrected chi connectivity index (χ0v) is 23.9. The van der Waals surface area contributed by atoms with E-state index >= 15 is 0 Å². The minimum atomic E-state index is 0.187. The predicted molar refractivity (Wildman–Crippen MR) is 152 cm³/mol. The molecule has 2 rings (SSSR count). The normalized spacial score (nSPS) is 13.9. The van der Waals surface area contributed by atoms with Crippen LogP contribution in [0.15, 0.2) is 29.0 Å². The monoisotopic (exact) mass is 483 g/mol. The van der Waals surface area contributed by atoms with Gasteiger partial charge in [0.25, 0.3) is 0 Å². The third-order valence-corrected chi connectivity index (χ3v) is 4.99. The fraction of sp³-hybridized carbons (Fsp3) is 0.692. The average Bonchev–Trinajstić information content (AvgIpc) is 3.27. The Morgan fingerprint density at radius 3 is 2.21 bits per heavy atom. The Hall–Kier alpha value is -1.73. The molecule has 6 nitrogen and oxygen atoms in total. The Bertz CT molecular complexity index is 633. The van der Waals surface area contributed by atoms with Crippen molar-refractivity contribution in [2.75, 3.05) is 29.1 Å². The molecule has 0 fully saturated rings. The van der Waals surface area contributed by atoms with Gasteiger partial charge in [0.2, 0.25) is 0 Å². The molecule has 1 atom stereocenters. The van der Waals surface area contributed by atoms with Crippen LogP contribution >= 0.6 is 11.8 Å². The van der Waals surface area contributed by atoms with Crippen molar-refractivity contribution in [2.24, 2.45) is 5.92 Å². The Labute approximate surface area is 209 Å². The molecule has 0 radical (unpaired) electrons. The summed E-state index contributed by atoms with van der Waals surface area (Å²) >= 11 is 1.58. The van der Waals surface area contributed by atoms with Gasteiger partial charge in [0, 0.05) is 18.4 Å². The molecule has 7 heteroatoms. The summed E-state index contributed by atoms with van der Waals surface area (Å²) in [5.41, 5.74) is 13.5. The van der Waals surface area contributed by atoms with Gasteiger partial charge in [-0.25, -0.2) is 9.97 Å². The summed E-state index contributed by atoms with van der Waals surface area (Å²) in [6.07, 6.45) is 10.2. The molecule has 1 aliphatic rings. The van der Waals surface area contributed by atoms with Crippen molar-refractivity contribution < 1.29 is 5.11 Å². The summed E-state index contributed by atoms with van der Waals surface area (Å²) in [6, 6.07) is 0.187. The Morgan fingerprint density at radius 1 is 1.15 bits per heavy atom. The first-order valence-corrected chi connectivity index (χ1v) is 13.6. The molecule has 194 valence electrons. The van der Waals surface area contributed by atoms with Crippen LogP contribution in [0.25, 0.3) is 0 Å². The van der Waals surface area contributed by atoms with Crippen LogP contribution in [0.3, 0.4) is 0 Å². The molecule has 0 aliphatic heterocycles. The highest BCUT2D eigenvalue weighted by Gasteiger charge is 2.18. The van der Waals surface area contributed by atoms with Gasteiger partial charge >= 0.3 is 0 Å². The molecule has 33 heavy (non-hydrogen) atoms. The SMILES string of the molecule is C/C=C\C(C)C.CC.CC.CC.CCCSc1nc(N)c(N)c(NC2C=C(CCO)CC2)n1. The van der Waals surface area contributed by atoms with Crippen molar-refractivity contribution in [1.29, 1.82) is 0 Å². The van der Waals surface area contributed by atoms with E-state index < -0.39 is 0 Å². The Balaban J connectivity index is -0.000000635. The number of nitrogens with two attached hydrogens (primary N) is 2. The molecule has 0 spiro atoms. The first kappa shape index (κ1) is 35.9. The second-order valence-electron chi connectivity index (χ2n) is 6.86. The zero-order chi connectivity index (χ0) is 26.2. The van der Waals surface area contributed by atoms with E-state index in [0.717, 1.165) is 37.4 Å². The molecule has 1 aromatic heterocycles. The molecule has 0 bridgehead atoms. The quantitative estimate of drug-likeness (QED) is 0.174. The van der Waals surface area contributed by atoms with E-state index in [2.05, 4.69) is 54.3 Å². The summed E-state index contributed by atoms with van der Waals surface area (Å²) in [5.74, 6) is 2.60. The van der Waals surface area contributed by atoms with Crippen molar-refractivity contribution >= 4 is 29.1 Å². The summed E-state index contributed by atoms with van der Waals surface area (Å²) in [5, 5.41) is 13.0. The Morgan fingerprint density at radius 2 is 1.76 bits per heavy atom. The number of aromatic nitrogens is 2. The van der Waals surface area contributed by atoms with Crippen molar-refractivity contribution in [3.63, 3.8) is 0 Å². The standard InChI is InChI=1S/C14H23N5OS.C6H12.3C2H6/c1-2-7-21-14-18-12(16)11(15)13(19-14)17-10-4-3-9(8-10)5-6-20;1-4-5-6(2)3;3*1-2/h8,10,20H,2-7,15H2,1H3,(H3,16,17,18,19);4-6H,1-3H3;3*1-2H3/b;5-4-;;;. The first-order chi connectivity index (χ1) is 15.9. The molecule has 0 amide bonds. The minimum absolute atomic E-state index is 0.187. The smallest absolute Gasteiger partial charge is 0.191 e. The number of nitrogens with zero attached hydrogens (tertiary/aromatic N) is 2. The number of anilines is 3. The molecule has 1 aromatic rings. The first-order valence-electron chi connectivity index (χ1n) is 12.7. The average molecular weight is 484 g/mol. The predicted octanol–water partition coefficient (Wildman–Crippen LogP) is 7.32. The molecule has 0 saturated heterocycles. The number of thioether (sulfide) groups is 1. The third-order valence-electron chi connectivity index (χ3n) is 3.94. The van der Waals surface area contributed by atoms with Crippen LogP contribution in [0.2, 0.25) is 0 Å². The highest BCUT2D eigenvalue weighted by Crippen LogP contribution is 2.29. The fourth-order valence-corrected chi connectivity index (χ4v) is 3.36. The van der Waals surface area contributed by atoms with Gasteiger partial charge in [-0.3, -0.25) is 0 Å². The van der Waals surface area contributed by atoms with E-state index in [4.69, 9.17) is 16.6 Å². The molecule has 0 aromatic carbocycles. The van der Waals surface area contributed by atoms with E-state index in [-0.39, 0.29) is 12.6 Å². The Kier molecular flexibility index (Phi) is 27.1. The third kappa shape index (κ3) is 17.4. The maximum atomic E-state index is 8.98. The van der Waals surface area contributed by atoms with E-state index in [1.807, 2.05) is 48.5 Å². The fourth-order valence-electron chi connectivity index (χ4n) is 2.65. The highest BCUT2D eigenvalue weighted by atomic mass is 32.2. The van der Waals surface area contributed by atoms with Crippen LogP contribution in [0.4, 0.5) is 17.3 Å². The van der Waals surface area contributed by atoms with Crippen LogP contribution < -0.4 is 16.8 Å². The maximum absolute atomic E-state index is 8.98. The number of hydrogen-bond donors (Lipinski definition) is 4. The van der Waals surface area contributed by atoms with Gasteiger partial charge in [-0.1, -0.05) is 97.9 Å². The van der Waals surface area contributed by atoms with E-state index in [9.17, 15) is 0 Å². The lowest BCUT2D eigenvalue weighted by Gasteiger charge is -2.15. The lowest BCUT2D eigenvalue weighted by atomic mass is 10.2. The summed E-state index contributed by atoms with van der Waals surface area (Å²) in [4.78, 5) is 8.67. The summed E-state index contributed by atoms with van der Waals surface area (Å²) in [7, 11) is 0. The van der Waals surface area contributed by atoms with E-state index in [1.54, 1.807) is 11.8 Å². The number of allylic oxidation sites excluding steroid dienone is 2. The van der Waals surface area contributed by atoms with Crippen LogP contribution in [-0.4, -0.2) is 33.5 Å². The summed E-state index contributed by atoms with van der Waals surface area (Å²) in [6.45, 7) is 20.7. The maximum Gasteiger partial charge on any atom is 0.191 e. The lowest BCUT2D eigenvalue weighted by molar-refractivity contribution is 0.298. The van der Waals surface area contributed by atoms with Crippen molar-refractivity contribution in [3.05, 3.63) is 23.8 Å². The number of nitrogens with one attached hydrogen (secondary N) is 1. The summed E-state index contributed by atoms with van der Waals surface area (Å²) < 4.78 is 0. The molecule has 0 saturated carbocycles. The van der Waals surface area contributed by atoms with Crippen molar-refractivity contribution in [1.82, 2.24) is 9.97 Å². The topological polar surface area (TPSA) is 110 Å². The highest BCUT2D eigenvalue weighted by molar-refractivity contribution is 7.99. The van der Waals surface area contributed by atoms with Gasteiger partial charge in [0.05, 0.1) is 0 Å². The number of nitrogen functional groups attached to an aromatic ring is 2. The van der Waals surface area contributed by atoms with E-state index in [0.29, 0.717) is 22.5 Å². The van der Waals surface area contributed by atoms with Crippen LogP contribution in [0.1, 0.15) is 94.9 Å². The van der Waals surface area contributed by atoms with E-state index in [1.165, 1.54) is 5.57 Å². The molecule has 1 aliphatic carbocycles. The molecule has 1 unspecified atom stereocenters.